The Labute approximate surface area is 125 Å². The molecule has 0 aliphatic heterocycles. The zero-order valence-electron chi connectivity index (χ0n) is 11.6. The van der Waals surface area contributed by atoms with Gasteiger partial charge in [0.1, 0.15) is 12.4 Å². The molecule has 0 unspecified atom stereocenters. The van der Waals surface area contributed by atoms with E-state index in [4.69, 9.17) is 9.47 Å². The van der Waals surface area contributed by atoms with E-state index >= 15 is 0 Å². The van der Waals surface area contributed by atoms with Gasteiger partial charge in [-0.2, -0.15) is 0 Å². The van der Waals surface area contributed by atoms with Crippen LogP contribution in [0.3, 0.4) is 0 Å². The number of hydrogen-bond acceptors (Lipinski definition) is 6. The third-order valence-corrected chi connectivity index (χ3v) is 3.86. The van der Waals surface area contributed by atoms with Crippen LogP contribution in [0.5, 0.6) is 5.75 Å². The second-order valence-electron chi connectivity index (χ2n) is 4.39. The maximum atomic E-state index is 11.7. The van der Waals surface area contributed by atoms with Crippen molar-refractivity contribution < 1.29 is 14.3 Å². The van der Waals surface area contributed by atoms with Crippen LogP contribution in [-0.2, 0) is 11.3 Å². The Bertz CT molecular complexity index is 761. The minimum atomic E-state index is -0.389. The molecule has 21 heavy (non-hydrogen) atoms. The van der Waals surface area contributed by atoms with Crippen molar-refractivity contribution in [2.75, 3.05) is 7.11 Å². The number of carbonyl (C=O) groups is 1. The van der Waals surface area contributed by atoms with E-state index < -0.39 is 0 Å². The molecular weight excluding hydrogens is 290 g/mol. The molecule has 108 valence electrons. The number of aromatic nitrogens is 3. The van der Waals surface area contributed by atoms with Crippen molar-refractivity contribution >= 4 is 23.1 Å². The summed E-state index contributed by atoms with van der Waals surface area (Å²) in [6.07, 6.45) is 5.40. The third-order valence-electron chi connectivity index (χ3n) is 2.85. The molecule has 0 atom stereocenters. The Kier molecular flexibility index (Phi) is 3.57. The van der Waals surface area contributed by atoms with Crippen molar-refractivity contribution in [1.29, 1.82) is 0 Å². The minimum absolute atomic E-state index is 0.267. The van der Waals surface area contributed by atoms with Crippen LogP contribution in [0, 0.1) is 6.92 Å². The van der Waals surface area contributed by atoms with E-state index in [9.17, 15) is 4.79 Å². The standard InChI is InChI=1S/C14H13N3O3S/c1-9-6-11(12(21-9)13(18)19-2)20-8-10-7-17-5-3-4-15-14(17)16-10/h3-7H,8H2,1-2H3. The van der Waals surface area contributed by atoms with Crippen molar-refractivity contribution in [3.63, 3.8) is 0 Å². The zero-order chi connectivity index (χ0) is 14.8. The number of fused-ring (bicyclic) bond motifs is 1. The van der Waals surface area contributed by atoms with Crippen LogP contribution in [0.4, 0.5) is 0 Å². The predicted octanol–water partition coefficient (Wildman–Crippen LogP) is 2.46. The van der Waals surface area contributed by atoms with Crippen molar-refractivity contribution in [3.05, 3.63) is 46.2 Å². The van der Waals surface area contributed by atoms with E-state index in [1.807, 2.05) is 35.9 Å². The molecule has 0 bridgehead atoms. The van der Waals surface area contributed by atoms with Gasteiger partial charge in [0.15, 0.2) is 4.88 Å². The molecular formula is C14H13N3O3S. The first-order chi connectivity index (χ1) is 10.2. The molecule has 0 amide bonds. The quantitative estimate of drug-likeness (QED) is 0.693. The van der Waals surface area contributed by atoms with E-state index in [0.29, 0.717) is 16.4 Å². The summed E-state index contributed by atoms with van der Waals surface area (Å²) >= 11 is 1.35. The molecule has 0 aliphatic rings. The number of ether oxygens (including phenoxy) is 2. The number of carbonyl (C=O) groups excluding carboxylic acids is 1. The summed E-state index contributed by atoms with van der Waals surface area (Å²) in [6.45, 7) is 2.18. The van der Waals surface area contributed by atoms with Gasteiger partial charge in [-0.3, -0.25) is 4.40 Å². The molecule has 0 N–H and O–H groups in total. The Balaban J connectivity index is 1.79. The minimum Gasteiger partial charge on any atom is -0.485 e. The lowest BCUT2D eigenvalue weighted by atomic mass is 10.4. The van der Waals surface area contributed by atoms with Gasteiger partial charge in [0.25, 0.3) is 0 Å². The number of rotatable bonds is 4. The molecule has 3 heterocycles. The van der Waals surface area contributed by atoms with E-state index in [-0.39, 0.29) is 12.6 Å². The van der Waals surface area contributed by atoms with Crippen LogP contribution < -0.4 is 4.74 Å². The van der Waals surface area contributed by atoms with Crippen molar-refractivity contribution in [3.8, 4) is 5.75 Å². The molecule has 0 saturated heterocycles. The lowest BCUT2D eigenvalue weighted by molar-refractivity contribution is 0.0601. The molecule has 0 fully saturated rings. The summed E-state index contributed by atoms with van der Waals surface area (Å²) < 4.78 is 12.3. The van der Waals surface area contributed by atoms with Gasteiger partial charge >= 0.3 is 5.97 Å². The topological polar surface area (TPSA) is 65.7 Å². The van der Waals surface area contributed by atoms with E-state index in [0.717, 1.165) is 10.6 Å². The fraction of sp³-hybridized carbons (Fsp3) is 0.214. The Hall–Kier alpha value is -2.41. The van der Waals surface area contributed by atoms with Gasteiger partial charge in [-0.25, -0.2) is 14.8 Å². The maximum Gasteiger partial charge on any atom is 0.351 e. The van der Waals surface area contributed by atoms with Crippen LogP contribution >= 0.6 is 11.3 Å². The molecule has 0 aromatic carbocycles. The highest BCUT2D eigenvalue weighted by Crippen LogP contribution is 2.30. The Morgan fingerprint density at radius 1 is 1.48 bits per heavy atom. The summed E-state index contributed by atoms with van der Waals surface area (Å²) in [5.74, 6) is 0.750. The largest absolute Gasteiger partial charge is 0.485 e. The van der Waals surface area contributed by atoms with Gasteiger partial charge in [0.2, 0.25) is 5.78 Å². The summed E-state index contributed by atoms with van der Waals surface area (Å²) in [5.41, 5.74) is 0.744. The Morgan fingerprint density at radius 3 is 3.10 bits per heavy atom. The van der Waals surface area contributed by atoms with Crippen molar-refractivity contribution in [2.45, 2.75) is 13.5 Å². The highest BCUT2D eigenvalue weighted by molar-refractivity contribution is 7.14. The molecule has 0 saturated carbocycles. The van der Waals surface area contributed by atoms with Gasteiger partial charge in [-0.05, 0) is 19.1 Å². The van der Waals surface area contributed by atoms with Crippen LogP contribution in [0.2, 0.25) is 0 Å². The SMILES string of the molecule is COC(=O)c1sc(C)cc1OCc1cn2cccnc2n1. The highest BCUT2D eigenvalue weighted by Gasteiger charge is 2.17. The monoisotopic (exact) mass is 303 g/mol. The first-order valence-corrected chi connectivity index (χ1v) is 7.09. The number of imidazole rings is 1. The zero-order valence-corrected chi connectivity index (χ0v) is 12.4. The predicted molar refractivity (Wildman–Crippen MR) is 77.7 cm³/mol. The van der Waals surface area contributed by atoms with Crippen LogP contribution in [0.15, 0.2) is 30.7 Å². The average Bonchev–Trinajstić information content (AvgIpc) is 3.07. The molecule has 3 aromatic rings. The number of methoxy groups -OCH3 is 1. The molecule has 0 spiro atoms. The third kappa shape index (κ3) is 2.73. The maximum absolute atomic E-state index is 11.7. The fourth-order valence-electron chi connectivity index (χ4n) is 1.93. The van der Waals surface area contributed by atoms with E-state index in [1.165, 1.54) is 18.4 Å². The van der Waals surface area contributed by atoms with E-state index in [2.05, 4.69) is 9.97 Å². The number of esters is 1. The fourth-order valence-corrected chi connectivity index (χ4v) is 2.81. The average molecular weight is 303 g/mol. The smallest absolute Gasteiger partial charge is 0.351 e. The number of aryl methyl sites for hydroxylation is 1. The molecule has 7 heteroatoms. The summed E-state index contributed by atoms with van der Waals surface area (Å²) in [4.78, 5) is 21.6. The van der Waals surface area contributed by atoms with Crippen molar-refractivity contribution in [2.24, 2.45) is 0 Å². The normalized spacial score (nSPS) is 10.8. The van der Waals surface area contributed by atoms with Gasteiger partial charge < -0.3 is 9.47 Å². The van der Waals surface area contributed by atoms with Gasteiger partial charge in [0.05, 0.1) is 12.8 Å². The molecule has 3 rings (SSSR count). The summed E-state index contributed by atoms with van der Waals surface area (Å²) in [5, 5.41) is 0. The number of hydrogen-bond donors (Lipinski definition) is 0. The second-order valence-corrected chi connectivity index (χ2v) is 5.65. The second kappa shape index (κ2) is 5.53. The van der Waals surface area contributed by atoms with Gasteiger partial charge in [-0.15, -0.1) is 11.3 Å². The summed E-state index contributed by atoms with van der Waals surface area (Å²) in [7, 11) is 1.36. The first-order valence-electron chi connectivity index (χ1n) is 6.27. The lowest BCUT2D eigenvalue weighted by Crippen LogP contribution is -2.02. The first kappa shape index (κ1) is 13.6. The Morgan fingerprint density at radius 2 is 2.33 bits per heavy atom. The van der Waals surface area contributed by atoms with Crippen LogP contribution in [0.1, 0.15) is 20.2 Å². The van der Waals surface area contributed by atoms with Crippen molar-refractivity contribution in [1.82, 2.24) is 14.4 Å². The lowest BCUT2D eigenvalue weighted by Gasteiger charge is -2.03. The molecule has 3 aromatic heterocycles. The van der Waals surface area contributed by atoms with Gasteiger partial charge in [-0.1, -0.05) is 0 Å². The molecule has 0 radical (unpaired) electrons. The number of thiophene rings is 1. The van der Waals surface area contributed by atoms with Crippen LogP contribution in [-0.4, -0.2) is 27.4 Å². The van der Waals surface area contributed by atoms with E-state index in [1.54, 1.807) is 6.20 Å². The molecule has 6 nitrogen and oxygen atoms in total. The van der Waals surface area contributed by atoms with Gasteiger partial charge in [0, 0.05) is 23.5 Å². The van der Waals surface area contributed by atoms with Crippen LogP contribution in [0.25, 0.3) is 5.78 Å². The summed E-state index contributed by atoms with van der Waals surface area (Å²) in [6, 6.07) is 3.65. The highest BCUT2D eigenvalue weighted by atomic mass is 32.1. The molecule has 0 aliphatic carbocycles. The number of nitrogens with zero attached hydrogens (tertiary/aromatic N) is 3.